The van der Waals surface area contributed by atoms with Gasteiger partial charge in [0.15, 0.2) is 0 Å². The van der Waals surface area contributed by atoms with Gasteiger partial charge in [-0.1, -0.05) is 29.8 Å². The number of carbonyl (C=O) groups excluding carboxylic acids is 4. The molecule has 4 aromatic carbocycles. The number of aryl methyl sites for hydroxylation is 1. The van der Waals surface area contributed by atoms with Crippen LogP contribution in [0.4, 0.5) is 5.69 Å². The lowest BCUT2D eigenvalue weighted by atomic mass is 9.98. The number of ether oxygens (including phenoxy) is 1. The quantitative estimate of drug-likeness (QED) is 0.341. The van der Waals surface area contributed by atoms with Gasteiger partial charge in [-0.15, -0.1) is 0 Å². The van der Waals surface area contributed by atoms with Gasteiger partial charge in [-0.25, -0.2) is 4.90 Å². The van der Waals surface area contributed by atoms with Crippen LogP contribution in [0.2, 0.25) is 0 Å². The van der Waals surface area contributed by atoms with Crippen molar-refractivity contribution in [2.75, 3.05) is 11.9 Å². The van der Waals surface area contributed by atoms with E-state index in [9.17, 15) is 19.2 Å². The molecule has 6 rings (SSSR count). The summed E-state index contributed by atoms with van der Waals surface area (Å²) in [6, 6.07) is 24.9. The Labute approximate surface area is 218 Å². The second-order valence-electron chi connectivity index (χ2n) is 9.46. The van der Waals surface area contributed by atoms with Gasteiger partial charge in [0, 0.05) is 7.05 Å². The minimum atomic E-state index is -0.393. The van der Waals surface area contributed by atoms with E-state index in [0.29, 0.717) is 45.9 Å². The zero-order valence-electron chi connectivity index (χ0n) is 20.7. The fourth-order valence-corrected chi connectivity index (χ4v) is 4.79. The van der Waals surface area contributed by atoms with Crippen molar-refractivity contribution < 1.29 is 23.9 Å². The van der Waals surface area contributed by atoms with E-state index in [1.54, 1.807) is 60.7 Å². The Morgan fingerprint density at radius 1 is 0.579 bits per heavy atom. The molecule has 2 aliphatic rings. The van der Waals surface area contributed by atoms with Crippen molar-refractivity contribution in [2.24, 2.45) is 0 Å². The van der Waals surface area contributed by atoms with Crippen LogP contribution in [0.3, 0.4) is 0 Å². The number of nitrogens with zero attached hydrogens (tertiary/aromatic N) is 2. The van der Waals surface area contributed by atoms with Crippen LogP contribution in [0.15, 0.2) is 84.9 Å². The van der Waals surface area contributed by atoms with E-state index >= 15 is 0 Å². The number of anilines is 1. The van der Waals surface area contributed by atoms with Gasteiger partial charge < -0.3 is 4.74 Å². The number of fused-ring (bicyclic) bond motifs is 2. The third-order valence-corrected chi connectivity index (χ3v) is 6.86. The van der Waals surface area contributed by atoms with Crippen molar-refractivity contribution in [2.45, 2.75) is 13.3 Å². The van der Waals surface area contributed by atoms with E-state index in [4.69, 9.17) is 4.74 Å². The largest absolute Gasteiger partial charge is 0.457 e. The molecular formula is C31H22N2O5. The van der Waals surface area contributed by atoms with Crippen LogP contribution in [0, 0.1) is 6.92 Å². The molecule has 7 heteroatoms. The third kappa shape index (κ3) is 3.85. The van der Waals surface area contributed by atoms with E-state index < -0.39 is 5.91 Å². The maximum absolute atomic E-state index is 13.3. The first-order valence-electron chi connectivity index (χ1n) is 12.1. The Morgan fingerprint density at radius 3 is 1.66 bits per heavy atom. The van der Waals surface area contributed by atoms with Gasteiger partial charge in [0.05, 0.1) is 27.9 Å². The van der Waals surface area contributed by atoms with Crippen molar-refractivity contribution >= 4 is 29.3 Å². The summed E-state index contributed by atoms with van der Waals surface area (Å²) in [5.74, 6) is -0.121. The number of hydrogen-bond acceptors (Lipinski definition) is 5. The zero-order valence-corrected chi connectivity index (χ0v) is 20.7. The monoisotopic (exact) mass is 502 g/mol. The SMILES string of the molecule is Cc1ccc(Oc2ccc(N3C(=O)c4ccc(Cc5ccc6c(c5)C(=O)N(C)C6=O)cc4C3=O)cc2)cc1. The number of rotatable bonds is 5. The molecule has 0 aromatic heterocycles. The normalized spacial score (nSPS) is 14.3. The van der Waals surface area contributed by atoms with Crippen LogP contribution in [-0.4, -0.2) is 35.6 Å². The Balaban J connectivity index is 1.21. The summed E-state index contributed by atoms with van der Waals surface area (Å²) in [6.45, 7) is 2.00. The molecule has 4 aromatic rings. The molecule has 0 spiro atoms. The van der Waals surface area contributed by atoms with Crippen molar-refractivity contribution in [3.8, 4) is 11.5 Å². The highest BCUT2D eigenvalue weighted by Gasteiger charge is 2.37. The molecule has 4 amide bonds. The molecule has 2 heterocycles. The first-order valence-corrected chi connectivity index (χ1v) is 12.1. The number of carbonyl (C=O) groups is 4. The summed E-state index contributed by atoms with van der Waals surface area (Å²) in [5, 5.41) is 0. The summed E-state index contributed by atoms with van der Waals surface area (Å²) in [5.41, 5.74) is 4.68. The third-order valence-electron chi connectivity index (χ3n) is 6.86. The predicted octanol–water partition coefficient (Wildman–Crippen LogP) is 5.40. The van der Waals surface area contributed by atoms with Crippen LogP contribution in [0.1, 0.15) is 58.1 Å². The zero-order chi connectivity index (χ0) is 26.6. The average molecular weight is 503 g/mol. The molecule has 0 saturated heterocycles. The Bertz CT molecular complexity index is 1660. The first-order chi connectivity index (χ1) is 18.3. The summed E-state index contributed by atoms with van der Waals surface area (Å²) in [6.07, 6.45) is 0.443. The molecule has 0 unspecified atom stereocenters. The molecule has 7 nitrogen and oxygen atoms in total. The van der Waals surface area contributed by atoms with Crippen LogP contribution >= 0.6 is 0 Å². The number of hydrogen-bond donors (Lipinski definition) is 0. The van der Waals surface area contributed by atoms with E-state index in [-0.39, 0.29) is 17.7 Å². The van der Waals surface area contributed by atoms with E-state index in [1.165, 1.54) is 11.9 Å². The number of benzene rings is 4. The number of imide groups is 2. The molecule has 0 N–H and O–H groups in total. The lowest BCUT2D eigenvalue weighted by Gasteiger charge is -2.14. The van der Waals surface area contributed by atoms with Gasteiger partial charge in [-0.05, 0) is 85.1 Å². The smallest absolute Gasteiger partial charge is 0.266 e. The van der Waals surface area contributed by atoms with Crippen molar-refractivity contribution in [1.29, 1.82) is 0 Å². The van der Waals surface area contributed by atoms with Crippen LogP contribution in [0.5, 0.6) is 11.5 Å². The van der Waals surface area contributed by atoms with Gasteiger partial charge in [-0.2, -0.15) is 0 Å². The van der Waals surface area contributed by atoms with E-state index in [1.807, 2.05) is 31.2 Å². The van der Waals surface area contributed by atoms with Crippen LogP contribution in [0.25, 0.3) is 0 Å². The molecule has 186 valence electrons. The molecule has 0 radical (unpaired) electrons. The summed E-state index contributed by atoms with van der Waals surface area (Å²) in [4.78, 5) is 53.2. The van der Waals surface area contributed by atoms with Gasteiger partial charge >= 0.3 is 0 Å². The predicted molar refractivity (Wildman–Crippen MR) is 141 cm³/mol. The minimum absolute atomic E-state index is 0.312. The molecule has 0 saturated carbocycles. The van der Waals surface area contributed by atoms with Gasteiger partial charge in [0.1, 0.15) is 11.5 Å². The molecule has 2 aliphatic heterocycles. The molecular weight excluding hydrogens is 480 g/mol. The second kappa shape index (κ2) is 8.81. The average Bonchev–Trinajstić information content (AvgIpc) is 3.30. The standard InChI is InChI=1S/C31H22N2O5/c1-18-3-9-22(10-4-18)38-23-11-7-21(8-12-23)33-30(36)25-14-6-20(17-27(25)31(33)37)15-19-5-13-24-26(16-19)29(35)32(2)28(24)34/h3-14,16-17H,15H2,1-2H3. The van der Waals surface area contributed by atoms with E-state index in [0.717, 1.165) is 21.6 Å². The molecule has 0 bridgehead atoms. The fourth-order valence-electron chi connectivity index (χ4n) is 4.79. The first kappa shape index (κ1) is 23.4. The maximum atomic E-state index is 13.3. The summed E-state index contributed by atoms with van der Waals surface area (Å²) < 4.78 is 5.85. The van der Waals surface area contributed by atoms with Gasteiger partial charge in [-0.3, -0.25) is 24.1 Å². The van der Waals surface area contributed by atoms with E-state index in [2.05, 4.69) is 0 Å². The van der Waals surface area contributed by atoms with Crippen molar-refractivity contribution in [1.82, 2.24) is 4.90 Å². The van der Waals surface area contributed by atoms with Crippen LogP contribution < -0.4 is 9.64 Å². The second-order valence-corrected chi connectivity index (χ2v) is 9.46. The highest BCUT2D eigenvalue weighted by atomic mass is 16.5. The maximum Gasteiger partial charge on any atom is 0.266 e. The van der Waals surface area contributed by atoms with Gasteiger partial charge in [0.25, 0.3) is 23.6 Å². The Kier molecular flexibility index (Phi) is 5.42. The Hall–Kier alpha value is -5.04. The van der Waals surface area contributed by atoms with Gasteiger partial charge in [0.2, 0.25) is 0 Å². The molecule has 38 heavy (non-hydrogen) atoms. The summed E-state index contributed by atoms with van der Waals surface area (Å²) >= 11 is 0. The van der Waals surface area contributed by atoms with Crippen molar-refractivity contribution in [3.05, 3.63) is 124 Å². The van der Waals surface area contributed by atoms with Crippen molar-refractivity contribution in [3.63, 3.8) is 0 Å². The molecule has 0 atom stereocenters. The fraction of sp³-hybridized carbons (Fsp3) is 0.0968. The topological polar surface area (TPSA) is 84.0 Å². The highest BCUT2D eigenvalue weighted by Crippen LogP contribution is 2.32. The molecule has 0 fully saturated rings. The number of amides is 4. The minimum Gasteiger partial charge on any atom is -0.457 e. The Morgan fingerprint density at radius 2 is 1.05 bits per heavy atom. The lowest BCUT2D eigenvalue weighted by Crippen LogP contribution is -2.29. The lowest BCUT2D eigenvalue weighted by molar-refractivity contribution is 0.0692. The molecule has 0 aliphatic carbocycles. The van der Waals surface area contributed by atoms with Crippen LogP contribution in [-0.2, 0) is 6.42 Å². The highest BCUT2D eigenvalue weighted by molar-refractivity contribution is 6.34. The summed E-state index contributed by atoms with van der Waals surface area (Å²) in [7, 11) is 1.46.